The maximum atomic E-state index is 11.2. The molecule has 0 aromatic carbocycles. The molecule has 4 nitrogen and oxygen atoms in total. The summed E-state index contributed by atoms with van der Waals surface area (Å²) in [5, 5.41) is 3.11. The normalized spacial score (nSPS) is 13.8. The van der Waals surface area contributed by atoms with Gasteiger partial charge < -0.3 is 5.32 Å². The third-order valence-electron chi connectivity index (χ3n) is 2.11. The third-order valence-corrected chi connectivity index (χ3v) is 3.49. The molecule has 0 heterocycles. The largest absolute Gasteiger partial charge is 0.304 e. The highest BCUT2D eigenvalue weighted by atomic mass is 32.2. The SMILES string of the molecule is C#CC(C)NCCCN(CC)S(C)(=O)=O. The molecule has 0 aliphatic rings. The lowest BCUT2D eigenvalue weighted by atomic mass is 10.3. The van der Waals surface area contributed by atoms with Gasteiger partial charge in [-0.2, -0.15) is 0 Å². The molecule has 0 radical (unpaired) electrons. The molecule has 0 fully saturated rings. The number of nitrogens with one attached hydrogen (secondary N) is 1. The highest BCUT2D eigenvalue weighted by molar-refractivity contribution is 7.88. The first kappa shape index (κ1) is 14.4. The van der Waals surface area contributed by atoms with Gasteiger partial charge in [-0.25, -0.2) is 12.7 Å². The van der Waals surface area contributed by atoms with Crippen LogP contribution in [-0.4, -0.2) is 44.7 Å². The summed E-state index contributed by atoms with van der Waals surface area (Å²) in [4.78, 5) is 0. The molecular formula is C10H20N2O2S. The van der Waals surface area contributed by atoms with Crippen LogP contribution in [0.15, 0.2) is 0 Å². The van der Waals surface area contributed by atoms with Crippen molar-refractivity contribution in [3.8, 4) is 12.3 Å². The second-order valence-electron chi connectivity index (χ2n) is 3.45. The minimum absolute atomic E-state index is 0.0401. The zero-order chi connectivity index (χ0) is 11.9. The van der Waals surface area contributed by atoms with Crippen LogP contribution in [0.25, 0.3) is 0 Å². The summed E-state index contributed by atoms with van der Waals surface area (Å²) in [6.07, 6.45) is 7.19. The quantitative estimate of drug-likeness (QED) is 0.506. The van der Waals surface area contributed by atoms with E-state index < -0.39 is 10.0 Å². The molecule has 0 spiro atoms. The van der Waals surface area contributed by atoms with E-state index in [1.165, 1.54) is 10.6 Å². The topological polar surface area (TPSA) is 49.4 Å². The lowest BCUT2D eigenvalue weighted by Crippen LogP contribution is -2.33. The Morgan fingerprint density at radius 1 is 1.53 bits per heavy atom. The minimum atomic E-state index is -3.06. The Bertz CT molecular complexity index is 306. The van der Waals surface area contributed by atoms with Crippen LogP contribution in [-0.2, 0) is 10.0 Å². The highest BCUT2D eigenvalue weighted by Gasteiger charge is 2.12. The van der Waals surface area contributed by atoms with Gasteiger partial charge in [0.05, 0.1) is 12.3 Å². The number of terminal acetylenes is 1. The molecule has 5 heteroatoms. The van der Waals surface area contributed by atoms with Crippen LogP contribution in [0.3, 0.4) is 0 Å². The Labute approximate surface area is 93.1 Å². The molecule has 1 atom stereocenters. The van der Waals surface area contributed by atoms with E-state index in [0.717, 1.165) is 13.0 Å². The molecule has 0 saturated carbocycles. The van der Waals surface area contributed by atoms with Gasteiger partial charge in [0.1, 0.15) is 0 Å². The maximum absolute atomic E-state index is 11.2. The van der Waals surface area contributed by atoms with E-state index >= 15 is 0 Å². The predicted molar refractivity (Wildman–Crippen MR) is 63.0 cm³/mol. The van der Waals surface area contributed by atoms with Gasteiger partial charge in [0, 0.05) is 13.1 Å². The molecule has 0 saturated heterocycles. The minimum Gasteiger partial charge on any atom is -0.304 e. The summed E-state index contributed by atoms with van der Waals surface area (Å²) >= 11 is 0. The summed E-state index contributed by atoms with van der Waals surface area (Å²) < 4.78 is 23.9. The van der Waals surface area contributed by atoms with Crippen molar-refractivity contribution in [3.05, 3.63) is 0 Å². The van der Waals surface area contributed by atoms with E-state index in [4.69, 9.17) is 6.42 Å². The summed E-state index contributed by atoms with van der Waals surface area (Å²) in [7, 11) is -3.06. The van der Waals surface area contributed by atoms with Gasteiger partial charge >= 0.3 is 0 Å². The third kappa shape index (κ3) is 6.50. The standard InChI is InChI=1S/C10H20N2O2S/c1-5-10(3)11-8-7-9-12(6-2)15(4,13)14/h1,10-11H,6-9H2,2-4H3. The van der Waals surface area contributed by atoms with Gasteiger partial charge in [-0.3, -0.25) is 0 Å². The smallest absolute Gasteiger partial charge is 0.211 e. The van der Waals surface area contributed by atoms with Crippen molar-refractivity contribution in [2.75, 3.05) is 25.9 Å². The molecule has 0 bridgehead atoms. The zero-order valence-corrected chi connectivity index (χ0v) is 10.5. The van der Waals surface area contributed by atoms with Gasteiger partial charge in [0.15, 0.2) is 0 Å². The summed E-state index contributed by atoms with van der Waals surface area (Å²) in [6.45, 7) is 5.52. The van der Waals surface area contributed by atoms with Crippen LogP contribution < -0.4 is 5.32 Å². The summed E-state index contributed by atoms with van der Waals surface area (Å²) in [6, 6.07) is 0.0401. The van der Waals surface area contributed by atoms with Gasteiger partial charge in [0.25, 0.3) is 0 Å². The van der Waals surface area contributed by atoms with E-state index in [1.807, 2.05) is 13.8 Å². The number of nitrogens with zero attached hydrogens (tertiary/aromatic N) is 1. The summed E-state index contributed by atoms with van der Waals surface area (Å²) in [5.41, 5.74) is 0. The van der Waals surface area contributed by atoms with Crippen LogP contribution in [0, 0.1) is 12.3 Å². The fourth-order valence-electron chi connectivity index (χ4n) is 1.19. The van der Waals surface area contributed by atoms with Crippen LogP contribution in [0.1, 0.15) is 20.3 Å². The average Bonchev–Trinajstić information content (AvgIpc) is 2.15. The van der Waals surface area contributed by atoms with Crippen molar-refractivity contribution in [1.29, 1.82) is 0 Å². The molecule has 0 aliphatic heterocycles. The van der Waals surface area contributed by atoms with Crippen molar-refractivity contribution < 1.29 is 8.42 Å². The van der Waals surface area contributed by atoms with Crippen molar-refractivity contribution >= 4 is 10.0 Å². The van der Waals surface area contributed by atoms with Crippen LogP contribution >= 0.6 is 0 Å². The van der Waals surface area contributed by atoms with Crippen molar-refractivity contribution in [3.63, 3.8) is 0 Å². The predicted octanol–water partition coefficient (Wildman–Crippen LogP) is 0.269. The van der Waals surface area contributed by atoms with Crippen molar-refractivity contribution in [2.45, 2.75) is 26.3 Å². The van der Waals surface area contributed by atoms with E-state index in [9.17, 15) is 8.42 Å². The number of sulfonamides is 1. The van der Waals surface area contributed by atoms with Crippen LogP contribution in [0.4, 0.5) is 0 Å². The molecule has 0 aromatic heterocycles. The molecule has 88 valence electrons. The molecule has 1 unspecified atom stereocenters. The van der Waals surface area contributed by atoms with Crippen molar-refractivity contribution in [1.82, 2.24) is 9.62 Å². The van der Waals surface area contributed by atoms with Crippen molar-refractivity contribution in [2.24, 2.45) is 0 Å². The second kappa shape index (κ2) is 6.83. The van der Waals surface area contributed by atoms with Crippen LogP contribution in [0.5, 0.6) is 0 Å². The first-order valence-corrected chi connectivity index (χ1v) is 6.91. The Morgan fingerprint density at radius 2 is 2.13 bits per heavy atom. The molecule has 0 rings (SSSR count). The molecule has 1 N–H and O–H groups in total. The zero-order valence-electron chi connectivity index (χ0n) is 9.66. The first-order valence-electron chi connectivity index (χ1n) is 5.06. The van der Waals surface area contributed by atoms with E-state index in [0.29, 0.717) is 13.1 Å². The van der Waals surface area contributed by atoms with Crippen LogP contribution in [0.2, 0.25) is 0 Å². The second-order valence-corrected chi connectivity index (χ2v) is 5.43. The van der Waals surface area contributed by atoms with Gasteiger partial charge in [0.2, 0.25) is 10.0 Å². The Balaban J connectivity index is 3.81. The fourth-order valence-corrected chi connectivity index (χ4v) is 2.12. The Kier molecular flexibility index (Phi) is 6.57. The average molecular weight is 232 g/mol. The monoisotopic (exact) mass is 232 g/mol. The fraction of sp³-hybridized carbons (Fsp3) is 0.800. The van der Waals surface area contributed by atoms with E-state index in [-0.39, 0.29) is 6.04 Å². The number of hydrogen-bond acceptors (Lipinski definition) is 3. The van der Waals surface area contributed by atoms with Gasteiger partial charge in [-0.15, -0.1) is 6.42 Å². The van der Waals surface area contributed by atoms with Gasteiger partial charge in [-0.1, -0.05) is 12.8 Å². The maximum Gasteiger partial charge on any atom is 0.211 e. The Morgan fingerprint density at radius 3 is 2.53 bits per heavy atom. The lowest BCUT2D eigenvalue weighted by molar-refractivity contribution is 0.417. The lowest BCUT2D eigenvalue weighted by Gasteiger charge is -2.17. The summed E-state index contributed by atoms with van der Waals surface area (Å²) in [5.74, 6) is 2.55. The molecule has 0 amide bonds. The molecule has 15 heavy (non-hydrogen) atoms. The molecule has 0 aromatic rings. The van der Waals surface area contributed by atoms with E-state index in [2.05, 4.69) is 11.2 Å². The molecular weight excluding hydrogens is 212 g/mol. The van der Waals surface area contributed by atoms with E-state index in [1.54, 1.807) is 0 Å². The number of hydrogen-bond donors (Lipinski definition) is 1. The number of rotatable bonds is 7. The first-order chi connectivity index (χ1) is 6.91. The Hall–Kier alpha value is -0.570. The van der Waals surface area contributed by atoms with Gasteiger partial charge in [-0.05, 0) is 19.9 Å². The highest BCUT2D eigenvalue weighted by Crippen LogP contribution is 1.98. The molecule has 0 aliphatic carbocycles.